The van der Waals surface area contributed by atoms with Gasteiger partial charge in [-0.25, -0.2) is 0 Å². The van der Waals surface area contributed by atoms with E-state index in [-0.39, 0.29) is 16.6 Å². The van der Waals surface area contributed by atoms with Crippen LogP contribution in [0.2, 0.25) is 5.02 Å². The molecule has 0 bridgehead atoms. The number of rotatable bonds is 6. The summed E-state index contributed by atoms with van der Waals surface area (Å²) in [7, 11) is 0. The molecule has 1 unspecified atom stereocenters. The molecule has 0 aliphatic heterocycles. The Kier molecular flexibility index (Phi) is 7.49. The highest BCUT2D eigenvalue weighted by atomic mass is 35.5. The molecular formula is C27H22ClN4O3S-. The number of H-pyrrole nitrogens is 2. The molecule has 0 fully saturated rings. The molecule has 5 N–H and O–H groups in total. The van der Waals surface area contributed by atoms with Gasteiger partial charge in [0.2, 0.25) is 5.56 Å². The van der Waals surface area contributed by atoms with Crippen LogP contribution in [0.15, 0.2) is 117 Å². The number of nitrogens with zero attached hydrogens (tertiary/aromatic N) is 1. The number of aromatic nitrogens is 3. The number of pyridine rings is 1. The molecule has 0 saturated heterocycles. The van der Waals surface area contributed by atoms with Crippen LogP contribution >= 0.6 is 23.4 Å². The summed E-state index contributed by atoms with van der Waals surface area (Å²) in [6.07, 6.45) is 1.66. The number of hydrogen-bond donors (Lipinski definition) is 3. The van der Waals surface area contributed by atoms with E-state index in [4.69, 9.17) is 11.6 Å². The Balaban J connectivity index is 0.00000304. The van der Waals surface area contributed by atoms with Gasteiger partial charge in [0.1, 0.15) is 0 Å². The smallest absolute Gasteiger partial charge is 0.277 e. The molecule has 5 aromatic rings. The molecule has 36 heavy (non-hydrogen) atoms. The van der Waals surface area contributed by atoms with E-state index in [1.165, 1.54) is 10.7 Å². The second kappa shape index (κ2) is 10.7. The third-order valence-electron chi connectivity index (χ3n) is 5.61. The Morgan fingerprint density at radius 3 is 2.11 bits per heavy atom. The molecule has 0 radical (unpaired) electrons. The van der Waals surface area contributed by atoms with Crippen molar-refractivity contribution in [1.82, 2.24) is 20.9 Å². The minimum Gasteiger partial charge on any atom is -0.858 e. The van der Waals surface area contributed by atoms with Crippen molar-refractivity contribution in [3.05, 3.63) is 134 Å². The first-order chi connectivity index (χ1) is 17.0. The largest absolute Gasteiger partial charge is 0.858 e. The Bertz CT molecular complexity index is 1570. The zero-order valence-corrected chi connectivity index (χ0v) is 20.6. The summed E-state index contributed by atoms with van der Waals surface area (Å²) in [5, 5.41) is 16.7. The van der Waals surface area contributed by atoms with E-state index in [0.717, 1.165) is 34.0 Å². The average Bonchev–Trinajstić information content (AvgIpc) is 3.15. The van der Waals surface area contributed by atoms with Gasteiger partial charge in [-0.3, -0.25) is 19.4 Å². The summed E-state index contributed by atoms with van der Waals surface area (Å²) < 4.78 is 1.37. The van der Waals surface area contributed by atoms with E-state index in [0.29, 0.717) is 9.92 Å². The van der Waals surface area contributed by atoms with Gasteiger partial charge in [-0.2, -0.15) is 0 Å². The first kappa shape index (κ1) is 25.1. The van der Waals surface area contributed by atoms with Crippen molar-refractivity contribution in [3.8, 4) is 17.0 Å². The van der Waals surface area contributed by atoms with E-state index < -0.39 is 17.5 Å². The minimum atomic E-state index is -0.540. The fourth-order valence-corrected chi connectivity index (χ4v) is 5.01. The molecule has 3 aromatic carbocycles. The highest BCUT2D eigenvalue weighted by Gasteiger charge is 2.21. The topological polar surface area (TPSA) is 129 Å². The SMILES string of the molecule is N.O=c1ccc(-c2ccc(C(c3ccccc3)n3[nH]c(=O)c(Sc4ccccc4Cl)c3[O-])cc2)c[nH]1. The molecule has 0 aliphatic rings. The third-order valence-corrected chi connectivity index (χ3v) is 7.19. The maximum atomic E-state index is 13.4. The number of aromatic amines is 2. The van der Waals surface area contributed by atoms with Crippen LogP contribution in [-0.2, 0) is 0 Å². The second-order valence-electron chi connectivity index (χ2n) is 7.85. The van der Waals surface area contributed by atoms with Crippen molar-refractivity contribution in [2.24, 2.45) is 0 Å². The lowest BCUT2D eigenvalue weighted by Crippen LogP contribution is -2.18. The van der Waals surface area contributed by atoms with Gasteiger partial charge in [0.05, 0.1) is 16.0 Å². The number of benzene rings is 3. The Morgan fingerprint density at radius 1 is 0.806 bits per heavy atom. The van der Waals surface area contributed by atoms with Crippen molar-refractivity contribution in [2.75, 3.05) is 0 Å². The fraction of sp³-hybridized carbons (Fsp3) is 0.0370. The van der Waals surface area contributed by atoms with Crippen molar-refractivity contribution in [2.45, 2.75) is 15.8 Å². The van der Waals surface area contributed by atoms with Crippen molar-refractivity contribution in [1.29, 1.82) is 0 Å². The van der Waals surface area contributed by atoms with Gasteiger partial charge >= 0.3 is 0 Å². The molecule has 2 aromatic heterocycles. The quantitative estimate of drug-likeness (QED) is 0.285. The molecule has 0 amide bonds. The normalized spacial score (nSPS) is 11.6. The van der Waals surface area contributed by atoms with Crippen molar-refractivity contribution < 1.29 is 5.11 Å². The lowest BCUT2D eigenvalue weighted by Gasteiger charge is -2.24. The van der Waals surface area contributed by atoms with E-state index in [9.17, 15) is 14.7 Å². The highest BCUT2D eigenvalue weighted by Crippen LogP contribution is 2.37. The van der Waals surface area contributed by atoms with Gasteiger partial charge in [-0.1, -0.05) is 90.1 Å². The predicted octanol–water partition coefficient (Wildman–Crippen LogP) is 5.21. The standard InChI is InChI=1S/C27H20ClN3O3S.H3N/c28-21-8-4-5-9-22(21)35-25-26(33)30-31(27(25)34)24(18-6-2-1-3-7-18)19-12-10-17(11-13-19)20-14-15-23(32)29-16-20;/h1-16,24,34H,(H,29,32)(H,30,33);1H3/p-1. The van der Waals surface area contributed by atoms with Gasteiger partial charge in [-0.05, 0) is 40.5 Å². The summed E-state index contributed by atoms with van der Waals surface area (Å²) >= 11 is 7.31. The summed E-state index contributed by atoms with van der Waals surface area (Å²) in [5.74, 6) is -0.418. The minimum absolute atomic E-state index is 0. The maximum Gasteiger partial charge on any atom is 0.277 e. The van der Waals surface area contributed by atoms with E-state index in [2.05, 4.69) is 10.1 Å². The van der Waals surface area contributed by atoms with Crippen LogP contribution in [0.5, 0.6) is 5.88 Å². The van der Waals surface area contributed by atoms with Crippen molar-refractivity contribution >= 4 is 23.4 Å². The van der Waals surface area contributed by atoms with Gasteiger partial charge < -0.3 is 16.2 Å². The van der Waals surface area contributed by atoms with Crippen LogP contribution in [0.25, 0.3) is 11.1 Å². The number of halogens is 1. The molecule has 2 heterocycles. The molecule has 0 aliphatic carbocycles. The van der Waals surface area contributed by atoms with E-state index in [1.54, 1.807) is 36.5 Å². The van der Waals surface area contributed by atoms with Crippen LogP contribution < -0.4 is 22.4 Å². The molecule has 1 atom stereocenters. The van der Waals surface area contributed by atoms with Crippen LogP contribution in [0.1, 0.15) is 17.2 Å². The molecule has 182 valence electrons. The zero-order chi connectivity index (χ0) is 24.4. The van der Waals surface area contributed by atoms with Gasteiger partial charge in [0.15, 0.2) is 0 Å². The summed E-state index contributed by atoms with van der Waals surface area (Å²) in [4.78, 5) is 27.6. The second-order valence-corrected chi connectivity index (χ2v) is 9.31. The summed E-state index contributed by atoms with van der Waals surface area (Å²) in [5.41, 5.74) is 2.81. The lowest BCUT2D eigenvalue weighted by atomic mass is 9.96. The highest BCUT2D eigenvalue weighted by molar-refractivity contribution is 7.99. The van der Waals surface area contributed by atoms with Crippen molar-refractivity contribution in [3.63, 3.8) is 0 Å². The van der Waals surface area contributed by atoms with Gasteiger partial charge in [0.25, 0.3) is 5.56 Å². The van der Waals surface area contributed by atoms with Crippen LogP contribution in [0, 0.1) is 0 Å². The number of nitrogens with one attached hydrogen (secondary N) is 2. The zero-order valence-electron chi connectivity index (χ0n) is 19.0. The summed E-state index contributed by atoms with van der Waals surface area (Å²) in [6.45, 7) is 0. The van der Waals surface area contributed by atoms with E-state index >= 15 is 0 Å². The third kappa shape index (κ3) is 5.01. The van der Waals surface area contributed by atoms with Crippen LogP contribution in [-0.4, -0.2) is 14.8 Å². The average molecular weight is 518 g/mol. The van der Waals surface area contributed by atoms with E-state index in [1.807, 2.05) is 54.6 Å². The molecular weight excluding hydrogens is 496 g/mol. The monoisotopic (exact) mass is 517 g/mol. The lowest BCUT2D eigenvalue weighted by molar-refractivity contribution is -0.284. The molecule has 0 spiro atoms. The summed E-state index contributed by atoms with van der Waals surface area (Å²) in [6, 6.07) is 27.0. The number of hydrogen-bond acceptors (Lipinski definition) is 5. The molecule has 9 heteroatoms. The molecule has 5 rings (SSSR count). The first-order valence-electron chi connectivity index (χ1n) is 10.8. The Morgan fingerprint density at radius 2 is 1.44 bits per heavy atom. The van der Waals surface area contributed by atoms with Crippen LogP contribution in [0.3, 0.4) is 0 Å². The predicted molar refractivity (Wildman–Crippen MR) is 141 cm³/mol. The molecule has 7 nitrogen and oxygen atoms in total. The fourth-order valence-electron chi connectivity index (χ4n) is 3.90. The van der Waals surface area contributed by atoms with Gasteiger partial charge in [-0.15, -0.1) is 0 Å². The van der Waals surface area contributed by atoms with Gasteiger partial charge in [0, 0.05) is 23.0 Å². The molecule has 0 saturated carbocycles. The maximum absolute atomic E-state index is 13.4. The van der Waals surface area contributed by atoms with Crippen LogP contribution in [0.4, 0.5) is 0 Å². The first-order valence-corrected chi connectivity index (χ1v) is 12.0. The Hall–Kier alpha value is -3.98. The Labute approximate surface area is 216 Å².